The van der Waals surface area contributed by atoms with Crippen molar-refractivity contribution in [3.05, 3.63) is 47.9 Å². The molecule has 23 heavy (non-hydrogen) atoms. The molecule has 0 amide bonds. The highest BCUT2D eigenvalue weighted by atomic mass is 16.4. The van der Waals surface area contributed by atoms with Crippen LogP contribution >= 0.6 is 0 Å². The molecule has 0 aliphatic carbocycles. The van der Waals surface area contributed by atoms with Crippen molar-refractivity contribution in [3.8, 4) is 22.9 Å². The third-order valence-electron chi connectivity index (χ3n) is 3.08. The van der Waals surface area contributed by atoms with Crippen LogP contribution < -0.4 is 0 Å². The summed E-state index contributed by atoms with van der Waals surface area (Å²) < 4.78 is 6.34. The van der Waals surface area contributed by atoms with Gasteiger partial charge in [0.2, 0.25) is 5.69 Å². The number of carboxylic acid groups (broad SMARTS) is 2. The number of aromatic hydroxyl groups is 1. The highest BCUT2D eigenvalue weighted by Crippen LogP contribution is 2.28. The topological polar surface area (TPSA) is 139 Å². The van der Waals surface area contributed by atoms with Crippen LogP contribution in [0.1, 0.15) is 20.8 Å². The monoisotopic (exact) mass is 315 g/mol. The second kappa shape index (κ2) is 5.30. The Morgan fingerprint density at radius 3 is 2.52 bits per heavy atom. The number of carboxylic acids is 2. The number of phenols is 1. The van der Waals surface area contributed by atoms with Crippen molar-refractivity contribution in [2.24, 2.45) is 0 Å². The average Bonchev–Trinajstić information content (AvgIpc) is 3.16. The number of aromatic nitrogens is 3. The fourth-order valence-electron chi connectivity index (χ4n) is 2.07. The standard InChI is InChI=1S/C14H9N3O6/c18-9-4-3-7(6-8(9)13(19)20)17-12(10-2-1-5-23-10)11(14(21)22)15-16-17/h1-6,18H,(H,19,20)(H,21,22). The molecule has 0 aliphatic rings. The van der Waals surface area contributed by atoms with Crippen LogP contribution in [0.4, 0.5) is 0 Å². The summed E-state index contributed by atoms with van der Waals surface area (Å²) in [5, 5.41) is 35.2. The van der Waals surface area contributed by atoms with E-state index in [1.807, 2.05) is 0 Å². The van der Waals surface area contributed by atoms with E-state index in [4.69, 9.17) is 9.52 Å². The summed E-state index contributed by atoms with van der Waals surface area (Å²) in [5.41, 5.74) is -0.415. The van der Waals surface area contributed by atoms with Crippen LogP contribution in [0.2, 0.25) is 0 Å². The number of rotatable bonds is 4. The van der Waals surface area contributed by atoms with Crippen LogP contribution in [-0.2, 0) is 0 Å². The zero-order valence-corrected chi connectivity index (χ0v) is 11.4. The fraction of sp³-hybridized carbons (Fsp3) is 0. The molecule has 116 valence electrons. The Bertz CT molecular complexity index is 897. The van der Waals surface area contributed by atoms with Crippen molar-refractivity contribution in [2.45, 2.75) is 0 Å². The summed E-state index contributed by atoms with van der Waals surface area (Å²) in [4.78, 5) is 22.4. The number of carbonyl (C=O) groups is 2. The molecule has 3 aromatic rings. The van der Waals surface area contributed by atoms with E-state index in [0.29, 0.717) is 0 Å². The summed E-state index contributed by atoms with van der Waals surface area (Å²) in [6.45, 7) is 0. The Kier molecular flexibility index (Phi) is 3.30. The summed E-state index contributed by atoms with van der Waals surface area (Å²) in [5.74, 6) is -2.85. The van der Waals surface area contributed by atoms with Gasteiger partial charge in [-0.1, -0.05) is 5.21 Å². The molecule has 3 rings (SSSR count). The fourth-order valence-corrected chi connectivity index (χ4v) is 2.07. The average molecular weight is 315 g/mol. The van der Waals surface area contributed by atoms with Crippen LogP contribution in [0.3, 0.4) is 0 Å². The van der Waals surface area contributed by atoms with E-state index in [2.05, 4.69) is 10.3 Å². The highest BCUT2D eigenvalue weighted by Gasteiger charge is 2.24. The minimum Gasteiger partial charge on any atom is -0.507 e. The molecule has 2 aromatic heterocycles. The van der Waals surface area contributed by atoms with E-state index >= 15 is 0 Å². The number of benzene rings is 1. The van der Waals surface area contributed by atoms with Gasteiger partial charge in [-0.15, -0.1) is 5.10 Å². The first-order chi connectivity index (χ1) is 11.0. The quantitative estimate of drug-likeness (QED) is 0.660. The molecule has 1 aromatic carbocycles. The van der Waals surface area contributed by atoms with Crippen molar-refractivity contribution in [2.75, 3.05) is 0 Å². The van der Waals surface area contributed by atoms with E-state index in [9.17, 15) is 19.8 Å². The molecule has 0 bridgehead atoms. The maximum atomic E-state index is 11.3. The van der Waals surface area contributed by atoms with Gasteiger partial charge >= 0.3 is 11.9 Å². The van der Waals surface area contributed by atoms with Crippen molar-refractivity contribution in [3.63, 3.8) is 0 Å². The molecule has 3 N–H and O–H groups in total. The van der Waals surface area contributed by atoms with Crippen molar-refractivity contribution in [1.82, 2.24) is 15.0 Å². The molecule has 0 atom stereocenters. The lowest BCUT2D eigenvalue weighted by atomic mass is 10.1. The Balaban J connectivity index is 2.24. The minimum atomic E-state index is -1.33. The molecule has 0 fully saturated rings. The highest BCUT2D eigenvalue weighted by molar-refractivity contribution is 5.93. The van der Waals surface area contributed by atoms with Crippen LogP contribution in [0, 0.1) is 0 Å². The van der Waals surface area contributed by atoms with E-state index in [-0.39, 0.29) is 28.4 Å². The number of hydrogen-bond acceptors (Lipinski definition) is 6. The summed E-state index contributed by atoms with van der Waals surface area (Å²) in [6.07, 6.45) is 1.36. The van der Waals surface area contributed by atoms with Crippen LogP contribution in [0.5, 0.6) is 5.75 Å². The molecular formula is C14H9N3O6. The minimum absolute atomic E-state index is 0.0597. The summed E-state index contributed by atoms with van der Waals surface area (Å²) >= 11 is 0. The summed E-state index contributed by atoms with van der Waals surface area (Å²) in [6, 6.07) is 6.81. The van der Waals surface area contributed by atoms with Gasteiger partial charge in [0.25, 0.3) is 0 Å². The van der Waals surface area contributed by atoms with Gasteiger partial charge in [-0.25, -0.2) is 14.3 Å². The smallest absolute Gasteiger partial charge is 0.358 e. The molecule has 0 spiro atoms. The Morgan fingerprint density at radius 2 is 1.91 bits per heavy atom. The molecule has 0 saturated carbocycles. The molecule has 0 unspecified atom stereocenters. The third-order valence-corrected chi connectivity index (χ3v) is 3.08. The second-order valence-electron chi connectivity index (χ2n) is 4.49. The van der Waals surface area contributed by atoms with Crippen molar-refractivity contribution in [1.29, 1.82) is 0 Å². The molecule has 0 saturated heterocycles. The predicted molar refractivity (Wildman–Crippen MR) is 74.6 cm³/mol. The van der Waals surface area contributed by atoms with Crippen molar-refractivity contribution < 1.29 is 29.3 Å². The predicted octanol–water partition coefficient (Wildman–Crippen LogP) is 1.63. The second-order valence-corrected chi connectivity index (χ2v) is 4.49. The lowest BCUT2D eigenvalue weighted by Gasteiger charge is -2.07. The molecular weight excluding hydrogens is 306 g/mol. The van der Waals surface area contributed by atoms with Gasteiger partial charge in [-0.05, 0) is 30.3 Å². The van der Waals surface area contributed by atoms with Gasteiger partial charge in [0.05, 0.1) is 12.0 Å². The molecule has 0 aliphatic heterocycles. The zero-order chi connectivity index (χ0) is 16.6. The molecule has 9 nitrogen and oxygen atoms in total. The van der Waals surface area contributed by atoms with Gasteiger partial charge in [0, 0.05) is 0 Å². The maximum Gasteiger partial charge on any atom is 0.358 e. The molecule has 9 heteroatoms. The van der Waals surface area contributed by atoms with Crippen LogP contribution in [-0.4, -0.2) is 42.3 Å². The van der Waals surface area contributed by atoms with Crippen molar-refractivity contribution >= 4 is 11.9 Å². The lowest BCUT2D eigenvalue weighted by molar-refractivity contribution is 0.0681. The Labute approximate surface area is 128 Å². The summed E-state index contributed by atoms with van der Waals surface area (Å²) in [7, 11) is 0. The van der Waals surface area contributed by atoms with Gasteiger partial charge in [-0.3, -0.25) is 0 Å². The first kappa shape index (κ1) is 14.3. The van der Waals surface area contributed by atoms with E-state index in [1.54, 1.807) is 6.07 Å². The first-order valence-corrected chi connectivity index (χ1v) is 6.28. The van der Waals surface area contributed by atoms with Gasteiger partial charge in [-0.2, -0.15) is 0 Å². The van der Waals surface area contributed by atoms with E-state index < -0.39 is 17.7 Å². The van der Waals surface area contributed by atoms with E-state index in [0.717, 1.165) is 10.7 Å². The number of furan rings is 1. The van der Waals surface area contributed by atoms with Gasteiger partial charge in [0.15, 0.2) is 5.76 Å². The number of aromatic carboxylic acids is 2. The largest absolute Gasteiger partial charge is 0.507 e. The van der Waals surface area contributed by atoms with Crippen LogP contribution in [0.25, 0.3) is 17.1 Å². The third kappa shape index (κ3) is 2.39. The SMILES string of the molecule is O=C(O)c1cc(-n2nnc(C(=O)O)c2-c2ccco2)ccc1O. The Morgan fingerprint density at radius 1 is 1.13 bits per heavy atom. The molecule has 0 radical (unpaired) electrons. The van der Waals surface area contributed by atoms with Gasteiger partial charge < -0.3 is 19.7 Å². The first-order valence-electron chi connectivity index (χ1n) is 6.28. The number of hydrogen-bond donors (Lipinski definition) is 3. The molecule has 2 heterocycles. The normalized spacial score (nSPS) is 10.6. The van der Waals surface area contributed by atoms with E-state index in [1.165, 1.54) is 24.5 Å². The lowest BCUT2D eigenvalue weighted by Crippen LogP contribution is -2.04. The number of nitrogens with zero attached hydrogens (tertiary/aromatic N) is 3. The van der Waals surface area contributed by atoms with Crippen LogP contribution in [0.15, 0.2) is 41.0 Å². The maximum absolute atomic E-state index is 11.3. The van der Waals surface area contributed by atoms with Gasteiger partial charge in [0.1, 0.15) is 17.0 Å². The zero-order valence-electron chi connectivity index (χ0n) is 11.4. The Hall–Kier alpha value is -3.62.